The van der Waals surface area contributed by atoms with Crippen LogP contribution in [0.3, 0.4) is 0 Å². The van der Waals surface area contributed by atoms with Crippen molar-refractivity contribution in [3.05, 3.63) is 72.0 Å². The van der Waals surface area contributed by atoms with Crippen molar-refractivity contribution in [3.8, 4) is 5.75 Å². The number of carbonyl (C=O) groups excluding carboxylic acids is 2. The highest BCUT2D eigenvalue weighted by Gasteiger charge is 2.25. The third kappa shape index (κ3) is 6.83. The molecule has 0 spiro atoms. The normalized spacial score (nSPS) is 11.0. The highest BCUT2D eigenvalue weighted by Crippen LogP contribution is 2.18. The summed E-state index contributed by atoms with van der Waals surface area (Å²) in [4.78, 5) is 23.8. The minimum Gasteiger partial charge on any atom is -0.484 e. The second-order valence-electron chi connectivity index (χ2n) is 5.88. The molecule has 0 atom stereocenters. The SMILES string of the molecule is C=CCN(CC(=O)NNC(=O)COc1ccc(F)cc1)S(=O)(=O)c1ccc(Cl)cc1. The lowest BCUT2D eigenvalue weighted by Gasteiger charge is -2.20. The molecule has 0 aromatic heterocycles. The van der Waals surface area contributed by atoms with Crippen LogP contribution in [0.1, 0.15) is 0 Å². The number of hydrogen-bond acceptors (Lipinski definition) is 5. The van der Waals surface area contributed by atoms with Crippen molar-refractivity contribution in [2.24, 2.45) is 0 Å². The summed E-state index contributed by atoms with van der Waals surface area (Å²) in [6, 6.07) is 10.5. The molecular weight excluding hydrogens is 437 g/mol. The molecule has 2 rings (SSSR count). The summed E-state index contributed by atoms with van der Waals surface area (Å²) in [5, 5.41) is 0.368. The van der Waals surface area contributed by atoms with E-state index in [1.807, 2.05) is 0 Å². The molecule has 11 heteroatoms. The van der Waals surface area contributed by atoms with Gasteiger partial charge < -0.3 is 4.74 Å². The van der Waals surface area contributed by atoms with Gasteiger partial charge in [0.05, 0.1) is 11.4 Å². The molecule has 2 aromatic carbocycles. The lowest BCUT2D eigenvalue weighted by molar-refractivity contribution is -0.130. The topological polar surface area (TPSA) is 105 Å². The van der Waals surface area contributed by atoms with Crippen LogP contribution >= 0.6 is 11.6 Å². The minimum absolute atomic E-state index is 0.0433. The number of carbonyl (C=O) groups is 2. The van der Waals surface area contributed by atoms with E-state index < -0.39 is 40.8 Å². The quantitative estimate of drug-likeness (QED) is 0.443. The molecule has 0 saturated carbocycles. The summed E-state index contributed by atoms with van der Waals surface area (Å²) in [5.74, 6) is -1.64. The fourth-order valence-electron chi connectivity index (χ4n) is 2.20. The van der Waals surface area contributed by atoms with Gasteiger partial charge in [0.2, 0.25) is 10.0 Å². The van der Waals surface area contributed by atoms with Crippen LogP contribution in [-0.4, -0.2) is 44.2 Å². The zero-order chi connectivity index (χ0) is 22.1. The molecule has 160 valence electrons. The predicted octanol–water partition coefficient (Wildman–Crippen LogP) is 1.88. The Labute approximate surface area is 178 Å². The second kappa shape index (κ2) is 10.7. The van der Waals surface area contributed by atoms with Crippen molar-refractivity contribution in [2.45, 2.75) is 4.90 Å². The highest BCUT2D eigenvalue weighted by molar-refractivity contribution is 7.89. The fraction of sp³-hybridized carbons (Fsp3) is 0.158. The number of rotatable bonds is 9. The minimum atomic E-state index is -3.99. The first-order valence-electron chi connectivity index (χ1n) is 8.55. The lowest BCUT2D eigenvalue weighted by Crippen LogP contribution is -2.48. The van der Waals surface area contributed by atoms with E-state index in [1.165, 1.54) is 54.6 Å². The molecule has 0 saturated heterocycles. The van der Waals surface area contributed by atoms with Crippen LogP contribution < -0.4 is 15.6 Å². The van der Waals surface area contributed by atoms with Gasteiger partial charge in [0.1, 0.15) is 11.6 Å². The van der Waals surface area contributed by atoms with E-state index in [1.54, 1.807) is 0 Å². The van der Waals surface area contributed by atoms with Gasteiger partial charge >= 0.3 is 0 Å². The zero-order valence-corrected chi connectivity index (χ0v) is 17.2. The van der Waals surface area contributed by atoms with E-state index in [0.29, 0.717) is 5.02 Å². The Bertz CT molecular complexity index is 998. The number of ether oxygens (including phenoxy) is 1. The maximum Gasteiger partial charge on any atom is 0.276 e. The van der Waals surface area contributed by atoms with Gasteiger partial charge in [-0.25, -0.2) is 12.8 Å². The number of benzene rings is 2. The molecule has 30 heavy (non-hydrogen) atoms. The van der Waals surface area contributed by atoms with E-state index in [-0.39, 0.29) is 17.2 Å². The van der Waals surface area contributed by atoms with Crippen LogP contribution in [0, 0.1) is 5.82 Å². The summed E-state index contributed by atoms with van der Waals surface area (Å²) in [6.07, 6.45) is 1.33. The van der Waals surface area contributed by atoms with Gasteiger partial charge in [-0.2, -0.15) is 4.31 Å². The summed E-state index contributed by atoms with van der Waals surface area (Å²) >= 11 is 5.77. The number of halogens is 2. The van der Waals surface area contributed by atoms with E-state index in [9.17, 15) is 22.4 Å². The van der Waals surface area contributed by atoms with Gasteiger partial charge in [0.25, 0.3) is 11.8 Å². The van der Waals surface area contributed by atoms with E-state index in [4.69, 9.17) is 16.3 Å². The maximum atomic E-state index is 12.8. The number of sulfonamides is 1. The second-order valence-corrected chi connectivity index (χ2v) is 8.25. The number of nitrogens with one attached hydrogen (secondary N) is 2. The largest absolute Gasteiger partial charge is 0.484 e. The Morgan fingerprint density at radius 3 is 2.27 bits per heavy atom. The van der Waals surface area contributed by atoms with Crippen molar-refractivity contribution in [3.63, 3.8) is 0 Å². The Kier molecular flexibility index (Phi) is 8.34. The third-order valence-corrected chi connectivity index (χ3v) is 5.71. The van der Waals surface area contributed by atoms with Crippen LogP contribution in [0.15, 0.2) is 66.1 Å². The van der Waals surface area contributed by atoms with Crippen molar-refractivity contribution in [1.29, 1.82) is 0 Å². The standard InChI is InChI=1S/C19H19ClFN3O5S/c1-2-11-24(30(27,28)17-9-3-14(20)4-10-17)12-18(25)22-23-19(26)13-29-16-7-5-15(21)6-8-16/h2-10H,1,11-13H2,(H,22,25)(H,23,26). The molecule has 0 radical (unpaired) electrons. The van der Waals surface area contributed by atoms with Crippen LogP contribution in [0.25, 0.3) is 0 Å². The van der Waals surface area contributed by atoms with Gasteiger partial charge in [0.15, 0.2) is 6.61 Å². The molecule has 0 aliphatic rings. The van der Waals surface area contributed by atoms with Gasteiger partial charge in [-0.15, -0.1) is 6.58 Å². The van der Waals surface area contributed by atoms with E-state index in [2.05, 4.69) is 17.4 Å². The number of amides is 2. The first-order chi connectivity index (χ1) is 14.2. The molecule has 8 nitrogen and oxygen atoms in total. The lowest BCUT2D eigenvalue weighted by atomic mass is 10.3. The van der Waals surface area contributed by atoms with Gasteiger partial charge in [-0.1, -0.05) is 17.7 Å². The molecule has 0 heterocycles. The first-order valence-corrected chi connectivity index (χ1v) is 10.4. The van der Waals surface area contributed by atoms with Gasteiger partial charge in [0, 0.05) is 11.6 Å². The molecule has 0 aliphatic carbocycles. The van der Waals surface area contributed by atoms with Crippen LogP contribution in [0.2, 0.25) is 5.02 Å². The Morgan fingerprint density at radius 2 is 1.67 bits per heavy atom. The van der Waals surface area contributed by atoms with Gasteiger partial charge in [-0.3, -0.25) is 20.4 Å². The Balaban J connectivity index is 1.90. The summed E-state index contributed by atoms with van der Waals surface area (Å²) in [6.45, 7) is 2.37. The van der Waals surface area contributed by atoms with Crippen LogP contribution in [0.4, 0.5) is 4.39 Å². The highest BCUT2D eigenvalue weighted by atomic mass is 35.5. The summed E-state index contributed by atoms with van der Waals surface area (Å²) < 4.78 is 44.3. The maximum absolute atomic E-state index is 12.8. The zero-order valence-electron chi connectivity index (χ0n) is 15.7. The number of hydrazine groups is 1. The van der Waals surface area contributed by atoms with Crippen molar-refractivity contribution >= 4 is 33.4 Å². The molecular formula is C19H19ClFN3O5S. The van der Waals surface area contributed by atoms with E-state index >= 15 is 0 Å². The van der Waals surface area contributed by atoms with Crippen molar-refractivity contribution < 1.29 is 27.1 Å². The molecule has 0 bridgehead atoms. The first kappa shape index (κ1) is 23.3. The monoisotopic (exact) mass is 455 g/mol. The van der Waals surface area contributed by atoms with Crippen LogP contribution in [-0.2, 0) is 19.6 Å². The summed E-state index contributed by atoms with van der Waals surface area (Å²) in [7, 11) is -3.99. The molecule has 0 fully saturated rings. The molecule has 0 unspecified atom stereocenters. The average Bonchev–Trinajstić information content (AvgIpc) is 2.72. The molecule has 0 aliphatic heterocycles. The van der Waals surface area contributed by atoms with Crippen LogP contribution in [0.5, 0.6) is 5.75 Å². The number of hydrogen-bond donors (Lipinski definition) is 2. The van der Waals surface area contributed by atoms with E-state index in [0.717, 1.165) is 4.31 Å². The molecule has 2 aromatic rings. The molecule has 2 N–H and O–H groups in total. The predicted molar refractivity (Wildman–Crippen MR) is 109 cm³/mol. The van der Waals surface area contributed by atoms with Crippen molar-refractivity contribution in [2.75, 3.05) is 19.7 Å². The molecule has 2 amide bonds. The van der Waals surface area contributed by atoms with Crippen molar-refractivity contribution in [1.82, 2.24) is 15.2 Å². The Hall–Kier alpha value is -2.95. The fourth-order valence-corrected chi connectivity index (χ4v) is 3.70. The smallest absolute Gasteiger partial charge is 0.276 e. The third-order valence-electron chi connectivity index (χ3n) is 3.63. The number of nitrogens with zero attached hydrogens (tertiary/aromatic N) is 1. The Morgan fingerprint density at radius 1 is 1.07 bits per heavy atom. The van der Waals surface area contributed by atoms with Gasteiger partial charge in [-0.05, 0) is 48.5 Å². The average molecular weight is 456 g/mol. The summed E-state index contributed by atoms with van der Waals surface area (Å²) in [5.41, 5.74) is 4.22.